The van der Waals surface area contributed by atoms with Crippen molar-refractivity contribution in [2.75, 3.05) is 113 Å². The zero-order valence-corrected chi connectivity index (χ0v) is 86.4. The molecule has 0 spiro atoms. The SMILES string of the molecule is CCc1cccc(-c2c(Cl)cccc2C(=O)[C@@H]2CCCN(C(=O)OC(C)(C)C)C2)c1.CCc1cccc(-c2c(Cl)cccc2[C@H](O)[C@@H]2CCCN(C(=O)OC(C)(C)C)C2)c1.CCc1cccc(-c2c(Cl)cccc2[C@H](OCCNC(=O)OC)[C@@H]2CCCN(C(=O)OC(C)(C)C)C2)c1.CCc1cccc(-c2c(Cl)cccc2[C@H](OCCNC(=O)OC)[C@@H]2CCCNC2)c1.COC(=O)N1CCOS1(=O)=O. The van der Waals surface area contributed by atoms with Crippen LogP contribution in [0, 0.1) is 23.7 Å². The maximum absolute atomic E-state index is 13.5. The predicted molar refractivity (Wildman–Crippen MR) is 544 cm³/mol. The second-order valence-electron chi connectivity index (χ2n) is 37.6. The summed E-state index contributed by atoms with van der Waals surface area (Å²) in [6, 6.07) is 56.4. The summed E-state index contributed by atoms with van der Waals surface area (Å²) < 4.78 is 69.4. The molecule has 26 nitrogen and oxygen atoms in total. The number of Topliss-reactive ketones (excluding diaryl/α,β-unsaturated/α-hetero) is 1. The molecule has 0 saturated carbocycles. The molecule has 13 rings (SSSR count). The summed E-state index contributed by atoms with van der Waals surface area (Å²) >= 11 is 26.7. The molecule has 8 aromatic carbocycles. The molecule has 5 aliphatic heterocycles. The number of aliphatic hydroxyl groups is 1. The van der Waals surface area contributed by atoms with Gasteiger partial charge in [0, 0.05) is 130 Å². The Hall–Kier alpha value is -10.0. The number of aliphatic hydroxyl groups excluding tert-OH is 1. The summed E-state index contributed by atoms with van der Waals surface area (Å²) in [5.74, 6) is 0.0489. The fourth-order valence-electron chi connectivity index (χ4n) is 17.3. The van der Waals surface area contributed by atoms with Crippen LogP contribution in [0.5, 0.6) is 0 Å². The first-order valence-electron chi connectivity index (χ1n) is 47.7. The molecule has 138 heavy (non-hydrogen) atoms. The van der Waals surface area contributed by atoms with Crippen molar-refractivity contribution < 1.29 is 89.2 Å². The summed E-state index contributed by atoms with van der Waals surface area (Å²) in [4.78, 5) is 90.1. The zero-order valence-electron chi connectivity index (χ0n) is 82.6. The van der Waals surface area contributed by atoms with Gasteiger partial charge >= 0.3 is 46.9 Å². The van der Waals surface area contributed by atoms with Crippen LogP contribution in [0.4, 0.5) is 28.8 Å². The van der Waals surface area contributed by atoms with E-state index in [1.807, 2.05) is 159 Å². The fraction of sp³-hybridized carbons (Fsp3) is 0.486. The summed E-state index contributed by atoms with van der Waals surface area (Å²) in [5, 5.41) is 22.7. The molecular formula is C107H139Cl4N7O19S. The molecule has 5 saturated heterocycles. The average molecular weight is 2000 g/mol. The number of likely N-dealkylation sites (tertiary alicyclic amines) is 3. The number of benzene rings is 8. The Bertz CT molecular complexity index is 5490. The molecule has 0 bridgehead atoms. The summed E-state index contributed by atoms with van der Waals surface area (Å²) in [5.41, 5.74) is 14.5. The van der Waals surface area contributed by atoms with E-state index in [4.69, 9.17) is 70.1 Å². The predicted octanol–water partition coefficient (Wildman–Crippen LogP) is 23.6. The van der Waals surface area contributed by atoms with Crippen molar-refractivity contribution in [1.29, 1.82) is 0 Å². The van der Waals surface area contributed by atoms with Gasteiger partial charge in [-0.05, 0) is 231 Å². The maximum atomic E-state index is 13.5. The number of alkyl carbamates (subject to hydrolysis) is 2. The van der Waals surface area contributed by atoms with E-state index in [0.29, 0.717) is 89.8 Å². The van der Waals surface area contributed by atoms with E-state index in [1.165, 1.54) is 36.5 Å². The highest BCUT2D eigenvalue weighted by Gasteiger charge is 2.40. The summed E-state index contributed by atoms with van der Waals surface area (Å²) in [6.07, 6.45) is 6.83. The molecule has 5 heterocycles. The van der Waals surface area contributed by atoms with Crippen LogP contribution in [-0.4, -0.2) is 205 Å². The number of hydrogen-bond acceptors (Lipinski definition) is 20. The van der Waals surface area contributed by atoms with Crippen LogP contribution in [0.25, 0.3) is 44.5 Å². The third-order valence-electron chi connectivity index (χ3n) is 24.0. The average Bonchev–Trinajstić information content (AvgIpc) is 0.927. The summed E-state index contributed by atoms with van der Waals surface area (Å²) in [7, 11) is -0.0475. The largest absolute Gasteiger partial charge is 0.453 e. The van der Waals surface area contributed by atoms with E-state index in [2.05, 4.69) is 135 Å². The van der Waals surface area contributed by atoms with Crippen LogP contribution >= 0.6 is 46.4 Å². The van der Waals surface area contributed by atoms with E-state index >= 15 is 0 Å². The number of carbonyl (C=O) groups is 7. The lowest BCUT2D eigenvalue weighted by molar-refractivity contribution is -0.0243. The number of ketones is 1. The highest BCUT2D eigenvalue weighted by molar-refractivity contribution is 7.85. The van der Waals surface area contributed by atoms with E-state index in [1.54, 1.807) is 14.7 Å². The summed E-state index contributed by atoms with van der Waals surface area (Å²) in [6.45, 7) is 31.8. The lowest BCUT2D eigenvalue weighted by Crippen LogP contribution is -2.44. The van der Waals surface area contributed by atoms with Gasteiger partial charge in [0.1, 0.15) is 16.8 Å². The Kier molecular flexibility index (Phi) is 43.3. The van der Waals surface area contributed by atoms with E-state index in [-0.39, 0.29) is 73.8 Å². The first kappa shape index (κ1) is 112. The van der Waals surface area contributed by atoms with Gasteiger partial charge in [-0.25, -0.2) is 28.8 Å². The first-order chi connectivity index (χ1) is 65.7. The minimum absolute atomic E-state index is 0.00255. The van der Waals surface area contributed by atoms with E-state index in [9.17, 15) is 47.1 Å². The topological polar surface area (TPSA) is 306 Å². The van der Waals surface area contributed by atoms with Gasteiger partial charge in [-0.3, -0.25) is 8.98 Å². The number of carbonyl (C=O) groups excluding carboxylic acids is 7. The minimum atomic E-state index is -3.84. The Morgan fingerprint density at radius 2 is 0.804 bits per heavy atom. The molecule has 0 aliphatic carbocycles. The normalized spacial score (nSPS) is 17.6. The van der Waals surface area contributed by atoms with Gasteiger partial charge in [0.15, 0.2) is 5.78 Å². The molecule has 750 valence electrons. The third kappa shape index (κ3) is 33.0. The van der Waals surface area contributed by atoms with Crippen LogP contribution in [0.3, 0.4) is 0 Å². The molecule has 0 unspecified atom stereocenters. The zero-order chi connectivity index (χ0) is 101. The Balaban J connectivity index is 0.000000199. The second kappa shape index (κ2) is 53.5. The van der Waals surface area contributed by atoms with Crippen molar-refractivity contribution in [1.82, 2.24) is 35.0 Å². The number of halogens is 4. The molecule has 31 heteroatoms. The molecule has 7 atom stereocenters. The third-order valence-corrected chi connectivity index (χ3v) is 26.6. The molecule has 4 N–H and O–H groups in total. The fourth-order valence-corrected chi connectivity index (χ4v) is 19.5. The number of piperidine rings is 4. The highest BCUT2D eigenvalue weighted by Crippen LogP contribution is 2.46. The van der Waals surface area contributed by atoms with Crippen LogP contribution in [0.15, 0.2) is 170 Å². The number of nitrogens with one attached hydrogen (secondary N) is 3. The van der Waals surface area contributed by atoms with Crippen molar-refractivity contribution in [3.05, 3.63) is 234 Å². The van der Waals surface area contributed by atoms with Gasteiger partial charge in [0.25, 0.3) is 0 Å². The molecular weight excluding hydrogens is 1860 g/mol. The van der Waals surface area contributed by atoms with Crippen molar-refractivity contribution in [3.63, 3.8) is 0 Å². The quantitative estimate of drug-likeness (QED) is 0.0248. The van der Waals surface area contributed by atoms with E-state index < -0.39 is 51.5 Å². The van der Waals surface area contributed by atoms with Crippen LogP contribution in [-0.2, 0) is 78.1 Å². The van der Waals surface area contributed by atoms with Gasteiger partial charge in [-0.15, -0.1) is 0 Å². The van der Waals surface area contributed by atoms with Gasteiger partial charge < -0.3 is 73.7 Å². The Labute approximate surface area is 835 Å². The van der Waals surface area contributed by atoms with Crippen LogP contribution in [0.2, 0.25) is 20.1 Å². The first-order valence-corrected chi connectivity index (χ1v) is 50.6. The maximum Gasteiger partial charge on any atom is 0.425 e. The number of aryl methyl sites for hydroxylation is 4. The molecule has 5 aliphatic rings. The van der Waals surface area contributed by atoms with Gasteiger partial charge in [-0.1, -0.05) is 220 Å². The molecule has 0 aromatic heterocycles. The van der Waals surface area contributed by atoms with Gasteiger partial charge in [0.2, 0.25) is 0 Å². The van der Waals surface area contributed by atoms with Gasteiger partial charge in [0.05, 0.1) is 66.0 Å². The Morgan fingerprint density at radius 3 is 1.20 bits per heavy atom. The van der Waals surface area contributed by atoms with Crippen LogP contribution in [0.1, 0.15) is 209 Å². The van der Waals surface area contributed by atoms with Crippen molar-refractivity contribution in [2.45, 2.75) is 202 Å². The Morgan fingerprint density at radius 1 is 0.442 bits per heavy atom. The highest BCUT2D eigenvalue weighted by atomic mass is 35.5. The smallest absolute Gasteiger partial charge is 0.425 e. The van der Waals surface area contributed by atoms with Crippen LogP contribution < -0.4 is 16.0 Å². The second-order valence-corrected chi connectivity index (χ2v) is 40.7. The lowest BCUT2D eigenvalue weighted by Gasteiger charge is -2.38. The number of hydrogen-bond donors (Lipinski definition) is 4. The number of ether oxygens (including phenoxy) is 8. The minimum Gasteiger partial charge on any atom is -0.453 e. The number of nitrogens with zero attached hydrogens (tertiary/aromatic N) is 4. The number of methoxy groups -OCH3 is 3. The van der Waals surface area contributed by atoms with Gasteiger partial charge in [-0.2, -0.15) is 12.7 Å². The number of rotatable bonds is 24. The lowest BCUT2D eigenvalue weighted by atomic mass is 9.84. The standard InChI is InChI=1S/C29H39ClN2O5.C25H32ClNO3.C25H30ClNO3.C24H31ClN2O3.C4H7NO5S/c1-6-20-10-7-11-21(18-20)25-23(13-8-14-24(25)30)26(36-17-15-31-27(33)35-5)22-12-9-16-32(19-22)28(34)37-29(2,3)4;2*1-5-17-9-6-10-18(15-17)22-20(12-7-13-21(22)26)23(28)19-11-8-14-27(16-19)24(29)30-25(2,3)4;1-3-17-7-4-8-18(15-17)22-20(10-5-11-21(22)25)23(19-9-6-12-26-16-19)30-14-13-27-24(28)29-2;1-9-4(6)5-2-3-10-11(5,7)8/h7-8,10-11,13-14,18,22,26H,6,9,12,15-17,19H2,1-5H3,(H,31,33);6-7,9-10,12-13,15,19,23,28H,5,8,11,14,16H2,1-4H3;6-7,9-10,12-13,15,19H,5,8,11,14,16H2,1-4H3;4-5,7-8,10-11,15,19,23,26H,3,6,9,12-14,16H2,1-2H3,(H,27,28);2-3H2,1H3/t22-,26-;19-,23-;19-;19-,23-;/m1111./s1. The monoisotopic (exact) mass is 2000 g/mol. The number of amides is 6. The molecule has 8 aromatic rings. The molecule has 5 fully saturated rings. The molecule has 0 radical (unpaired) electrons. The van der Waals surface area contributed by atoms with E-state index in [0.717, 1.165) is 163 Å². The molecule has 6 amide bonds. The van der Waals surface area contributed by atoms with Crippen molar-refractivity contribution in [3.8, 4) is 44.5 Å². The van der Waals surface area contributed by atoms with Crippen molar-refractivity contribution >= 4 is 99.1 Å². The van der Waals surface area contributed by atoms with Crippen molar-refractivity contribution in [2.24, 2.45) is 23.7 Å².